The second-order valence-corrected chi connectivity index (χ2v) is 5.50. The van der Waals surface area contributed by atoms with Crippen LogP contribution in [-0.2, 0) is 12.8 Å². The van der Waals surface area contributed by atoms with Crippen molar-refractivity contribution in [1.82, 2.24) is 4.90 Å². The maximum Gasteiger partial charge on any atom is 0.0954 e. The van der Waals surface area contributed by atoms with Gasteiger partial charge >= 0.3 is 0 Å². The molecule has 0 bridgehead atoms. The van der Waals surface area contributed by atoms with Gasteiger partial charge in [0.15, 0.2) is 0 Å². The van der Waals surface area contributed by atoms with Crippen molar-refractivity contribution in [1.29, 1.82) is 0 Å². The Hall–Kier alpha value is -0.510. The Balaban J connectivity index is 2.00. The number of rotatable bonds is 4. The van der Waals surface area contributed by atoms with Gasteiger partial charge < -0.3 is 5.11 Å². The fourth-order valence-corrected chi connectivity index (χ4v) is 2.98. The number of nitrogens with zero attached hydrogens (tertiary/aromatic N) is 1. The SMILES string of the molecule is CN(CO)CCc1ccc2c(c1)CCCS2. The van der Waals surface area contributed by atoms with E-state index < -0.39 is 0 Å². The van der Waals surface area contributed by atoms with Crippen molar-refractivity contribution in [3.63, 3.8) is 0 Å². The molecule has 0 fully saturated rings. The normalized spacial score (nSPS) is 15.2. The van der Waals surface area contributed by atoms with Crippen LogP contribution in [0.15, 0.2) is 23.1 Å². The molecule has 0 radical (unpaired) electrons. The van der Waals surface area contributed by atoms with Gasteiger partial charge in [0.1, 0.15) is 0 Å². The standard InChI is InChI=1S/C13H19NOS/c1-14(10-15)7-6-11-4-5-13-12(9-11)3-2-8-16-13/h4-5,9,15H,2-3,6-8,10H2,1H3. The molecule has 0 spiro atoms. The Kier molecular flexibility index (Phi) is 4.27. The first-order valence-electron chi connectivity index (χ1n) is 5.83. The first-order valence-corrected chi connectivity index (χ1v) is 6.82. The first kappa shape index (κ1) is 12.0. The smallest absolute Gasteiger partial charge is 0.0954 e. The van der Waals surface area contributed by atoms with E-state index in [2.05, 4.69) is 18.2 Å². The second-order valence-electron chi connectivity index (χ2n) is 4.37. The van der Waals surface area contributed by atoms with Crippen LogP contribution in [0.3, 0.4) is 0 Å². The fraction of sp³-hybridized carbons (Fsp3) is 0.538. The number of aliphatic hydroxyl groups is 1. The van der Waals surface area contributed by atoms with E-state index in [1.54, 1.807) is 0 Å². The number of thioether (sulfide) groups is 1. The monoisotopic (exact) mass is 237 g/mol. The molecular formula is C13H19NOS. The lowest BCUT2D eigenvalue weighted by Crippen LogP contribution is -2.22. The van der Waals surface area contributed by atoms with Gasteiger partial charge in [-0.15, -0.1) is 11.8 Å². The van der Waals surface area contributed by atoms with Crippen LogP contribution >= 0.6 is 11.8 Å². The van der Waals surface area contributed by atoms with Crippen LogP contribution in [0.2, 0.25) is 0 Å². The van der Waals surface area contributed by atoms with Gasteiger partial charge in [-0.1, -0.05) is 12.1 Å². The van der Waals surface area contributed by atoms with E-state index >= 15 is 0 Å². The van der Waals surface area contributed by atoms with Gasteiger partial charge in [0.2, 0.25) is 0 Å². The molecule has 0 saturated heterocycles. The van der Waals surface area contributed by atoms with Gasteiger partial charge in [-0.3, -0.25) is 4.90 Å². The largest absolute Gasteiger partial charge is 0.381 e. The van der Waals surface area contributed by atoms with Crippen LogP contribution in [0, 0.1) is 0 Å². The lowest BCUT2D eigenvalue weighted by molar-refractivity contribution is 0.134. The van der Waals surface area contributed by atoms with Crippen LogP contribution in [-0.4, -0.2) is 36.1 Å². The second kappa shape index (κ2) is 5.71. The summed E-state index contributed by atoms with van der Waals surface area (Å²) in [7, 11) is 1.94. The van der Waals surface area contributed by atoms with Gasteiger partial charge in [-0.25, -0.2) is 0 Å². The Morgan fingerprint density at radius 3 is 3.12 bits per heavy atom. The third-order valence-electron chi connectivity index (χ3n) is 3.00. The molecule has 2 rings (SSSR count). The number of hydrogen-bond donors (Lipinski definition) is 1. The number of benzene rings is 1. The third-order valence-corrected chi connectivity index (χ3v) is 4.20. The molecular weight excluding hydrogens is 218 g/mol. The summed E-state index contributed by atoms with van der Waals surface area (Å²) >= 11 is 1.98. The average Bonchev–Trinajstić information content (AvgIpc) is 2.35. The Morgan fingerprint density at radius 1 is 1.44 bits per heavy atom. The van der Waals surface area contributed by atoms with Crippen molar-refractivity contribution in [2.24, 2.45) is 0 Å². The summed E-state index contributed by atoms with van der Waals surface area (Å²) in [6, 6.07) is 6.82. The van der Waals surface area contributed by atoms with E-state index in [4.69, 9.17) is 5.11 Å². The molecule has 0 aromatic heterocycles. The van der Waals surface area contributed by atoms with Gasteiger partial charge in [0.25, 0.3) is 0 Å². The maximum atomic E-state index is 8.93. The Labute approximate surface area is 102 Å². The molecule has 0 unspecified atom stereocenters. The van der Waals surface area contributed by atoms with Crippen molar-refractivity contribution in [2.75, 3.05) is 26.1 Å². The van der Waals surface area contributed by atoms with Crippen molar-refractivity contribution < 1.29 is 5.11 Å². The molecule has 0 amide bonds. The summed E-state index contributed by atoms with van der Waals surface area (Å²) in [6.45, 7) is 1.06. The summed E-state index contributed by atoms with van der Waals surface area (Å²) in [5.41, 5.74) is 2.90. The molecule has 0 aliphatic carbocycles. The lowest BCUT2D eigenvalue weighted by atomic mass is 10.0. The summed E-state index contributed by atoms with van der Waals surface area (Å²) in [5.74, 6) is 1.26. The molecule has 3 heteroatoms. The van der Waals surface area contributed by atoms with Crippen molar-refractivity contribution in [2.45, 2.75) is 24.2 Å². The quantitative estimate of drug-likeness (QED) is 0.812. The summed E-state index contributed by atoms with van der Waals surface area (Å²) < 4.78 is 0. The molecule has 1 aliphatic rings. The van der Waals surface area contributed by atoms with Crippen LogP contribution in [0.1, 0.15) is 17.5 Å². The molecule has 1 N–H and O–H groups in total. The van der Waals surface area contributed by atoms with Crippen molar-refractivity contribution in [3.05, 3.63) is 29.3 Å². The Bertz CT molecular complexity index is 354. The number of aliphatic hydroxyl groups excluding tert-OH is 1. The van der Waals surface area contributed by atoms with Crippen LogP contribution in [0.4, 0.5) is 0 Å². The number of hydrogen-bond acceptors (Lipinski definition) is 3. The molecule has 0 saturated carbocycles. The van der Waals surface area contributed by atoms with E-state index in [9.17, 15) is 0 Å². The molecule has 1 aromatic rings. The van der Waals surface area contributed by atoms with Crippen molar-refractivity contribution in [3.8, 4) is 0 Å². The molecule has 0 atom stereocenters. The molecule has 2 nitrogen and oxygen atoms in total. The zero-order chi connectivity index (χ0) is 11.4. The molecule has 1 aliphatic heterocycles. The highest BCUT2D eigenvalue weighted by Crippen LogP contribution is 2.30. The minimum absolute atomic E-state index is 0.140. The zero-order valence-corrected chi connectivity index (χ0v) is 10.6. The van der Waals surface area contributed by atoms with Crippen LogP contribution < -0.4 is 0 Å². The minimum atomic E-state index is 0.140. The molecule has 16 heavy (non-hydrogen) atoms. The van der Waals surface area contributed by atoms with Crippen LogP contribution in [0.25, 0.3) is 0 Å². The fourth-order valence-electron chi connectivity index (χ4n) is 1.96. The number of aryl methyl sites for hydroxylation is 1. The van der Waals surface area contributed by atoms with Crippen molar-refractivity contribution >= 4 is 11.8 Å². The highest BCUT2D eigenvalue weighted by atomic mass is 32.2. The van der Waals surface area contributed by atoms with E-state index in [0.29, 0.717) is 0 Å². The van der Waals surface area contributed by atoms with E-state index in [1.165, 1.54) is 34.6 Å². The van der Waals surface area contributed by atoms with Gasteiger partial charge in [0, 0.05) is 11.4 Å². The van der Waals surface area contributed by atoms with E-state index in [-0.39, 0.29) is 6.73 Å². The first-order chi connectivity index (χ1) is 7.79. The molecule has 88 valence electrons. The summed E-state index contributed by atoms with van der Waals surface area (Å²) in [5, 5.41) is 8.93. The van der Waals surface area contributed by atoms with Gasteiger partial charge in [0.05, 0.1) is 6.73 Å². The highest BCUT2D eigenvalue weighted by Gasteiger charge is 2.09. The van der Waals surface area contributed by atoms with E-state index in [0.717, 1.165) is 13.0 Å². The average molecular weight is 237 g/mol. The molecule has 1 heterocycles. The van der Waals surface area contributed by atoms with Crippen LogP contribution in [0.5, 0.6) is 0 Å². The molecule has 1 aromatic carbocycles. The van der Waals surface area contributed by atoms with Gasteiger partial charge in [-0.2, -0.15) is 0 Å². The summed E-state index contributed by atoms with van der Waals surface area (Å²) in [6.07, 6.45) is 3.55. The van der Waals surface area contributed by atoms with Gasteiger partial charge in [-0.05, 0) is 49.3 Å². The third kappa shape index (κ3) is 3.00. The maximum absolute atomic E-state index is 8.93. The zero-order valence-electron chi connectivity index (χ0n) is 9.78. The number of fused-ring (bicyclic) bond motifs is 1. The number of likely N-dealkylation sites (N-methyl/N-ethyl adjacent to an activating group) is 1. The Morgan fingerprint density at radius 2 is 2.31 bits per heavy atom. The predicted molar refractivity (Wildman–Crippen MR) is 68.9 cm³/mol. The highest BCUT2D eigenvalue weighted by molar-refractivity contribution is 7.99. The summed E-state index contributed by atoms with van der Waals surface area (Å²) in [4.78, 5) is 3.39. The minimum Gasteiger partial charge on any atom is -0.381 e. The topological polar surface area (TPSA) is 23.5 Å². The van der Waals surface area contributed by atoms with E-state index in [1.807, 2.05) is 23.7 Å². The predicted octanol–water partition coefficient (Wildman–Crippen LogP) is 2.15. The lowest BCUT2D eigenvalue weighted by Gasteiger charge is -2.17.